The first kappa shape index (κ1) is 32.7. The van der Waals surface area contributed by atoms with Crippen LogP contribution < -0.4 is 4.90 Å². The van der Waals surface area contributed by atoms with Crippen LogP contribution in [0.15, 0.2) is 182 Å². The van der Waals surface area contributed by atoms with E-state index in [0.29, 0.717) is 0 Å². The van der Waals surface area contributed by atoms with Crippen LogP contribution >= 0.6 is 0 Å². The lowest BCUT2D eigenvalue weighted by molar-refractivity contribution is 0.491. The number of nitrogens with zero attached hydrogens (tertiary/aromatic N) is 1. The average molecular weight is 682 g/mol. The summed E-state index contributed by atoms with van der Waals surface area (Å²) in [6.45, 7) is 6.95. The first-order chi connectivity index (χ1) is 26.1. The Kier molecular flexibility index (Phi) is 8.28. The molecule has 0 aromatic heterocycles. The van der Waals surface area contributed by atoms with Crippen LogP contribution in [-0.4, -0.2) is 0 Å². The monoisotopic (exact) mass is 681 g/mol. The fourth-order valence-electron chi connectivity index (χ4n) is 8.88. The summed E-state index contributed by atoms with van der Waals surface area (Å²) in [5.74, 6) is 0. The van der Waals surface area contributed by atoms with Crippen molar-refractivity contribution in [2.45, 2.75) is 39.0 Å². The van der Waals surface area contributed by atoms with Crippen LogP contribution in [0.3, 0.4) is 0 Å². The van der Waals surface area contributed by atoms with E-state index in [9.17, 15) is 0 Å². The van der Waals surface area contributed by atoms with Crippen LogP contribution in [0, 0.1) is 6.92 Å². The molecule has 0 unspecified atom stereocenters. The molecule has 0 saturated heterocycles. The van der Waals surface area contributed by atoms with Gasteiger partial charge in [0.25, 0.3) is 0 Å². The van der Waals surface area contributed by atoms with Gasteiger partial charge in [-0.3, -0.25) is 0 Å². The number of anilines is 3. The second-order valence-corrected chi connectivity index (χ2v) is 14.4. The molecule has 9 rings (SSSR count). The van der Waals surface area contributed by atoms with Crippen molar-refractivity contribution in [3.8, 4) is 44.5 Å². The SMILES string of the molecule is CCC1(CC)c2cc(-c3ccccc3)ccc2-c2c1cc1ccccc1c2N(c1cccc(C)c1)c1ccc(-c2ccccc2)cc1-c1ccccc1. The summed E-state index contributed by atoms with van der Waals surface area (Å²) in [6.07, 6.45) is 2.04. The zero-order valence-corrected chi connectivity index (χ0v) is 30.7. The molecule has 53 heavy (non-hydrogen) atoms. The number of fused-ring (bicyclic) bond motifs is 4. The molecule has 0 fully saturated rings. The van der Waals surface area contributed by atoms with Crippen LogP contribution in [0.1, 0.15) is 43.4 Å². The molecule has 0 saturated carbocycles. The molecule has 0 spiro atoms. The Bertz CT molecular complexity index is 2580. The molecule has 0 aliphatic heterocycles. The third-order valence-corrected chi connectivity index (χ3v) is 11.6. The zero-order chi connectivity index (χ0) is 35.9. The van der Waals surface area contributed by atoms with Crippen molar-refractivity contribution in [3.63, 3.8) is 0 Å². The molecule has 1 nitrogen and oxygen atoms in total. The van der Waals surface area contributed by atoms with E-state index in [4.69, 9.17) is 0 Å². The highest BCUT2D eigenvalue weighted by atomic mass is 15.2. The first-order valence-electron chi connectivity index (χ1n) is 19.0. The fourth-order valence-corrected chi connectivity index (χ4v) is 8.88. The van der Waals surface area contributed by atoms with Gasteiger partial charge in [-0.1, -0.05) is 159 Å². The second-order valence-electron chi connectivity index (χ2n) is 14.4. The number of hydrogen-bond donors (Lipinski definition) is 0. The standard InChI is InChI=1S/C52H43N/c1-4-52(5-2)47-34-41(38-21-11-7-12-22-38)28-30-45(47)50-48(52)35-42-25-15-16-27-44(42)51(50)53(43-26-17-18-36(3)32-43)49-31-29-40(37-19-9-6-10-20-37)33-46(49)39-23-13-8-14-24-39/h6-35H,4-5H2,1-3H3. The molecule has 8 aromatic rings. The van der Waals surface area contributed by atoms with Gasteiger partial charge in [0.1, 0.15) is 0 Å². The maximum atomic E-state index is 2.57. The van der Waals surface area contributed by atoms with Gasteiger partial charge in [-0.25, -0.2) is 0 Å². The minimum absolute atomic E-state index is 0.119. The molecular formula is C52H43N. The van der Waals surface area contributed by atoms with Crippen molar-refractivity contribution >= 4 is 27.8 Å². The lowest BCUT2D eigenvalue weighted by Gasteiger charge is -2.33. The predicted molar refractivity (Wildman–Crippen MR) is 226 cm³/mol. The van der Waals surface area contributed by atoms with E-state index in [0.717, 1.165) is 24.2 Å². The quantitative estimate of drug-likeness (QED) is 0.154. The number of hydrogen-bond acceptors (Lipinski definition) is 1. The van der Waals surface area contributed by atoms with Crippen LogP contribution in [0.5, 0.6) is 0 Å². The van der Waals surface area contributed by atoms with Crippen molar-refractivity contribution in [2.24, 2.45) is 0 Å². The minimum Gasteiger partial charge on any atom is -0.309 e. The summed E-state index contributed by atoms with van der Waals surface area (Å²) < 4.78 is 0. The number of rotatable bonds is 8. The normalized spacial score (nSPS) is 12.7. The van der Waals surface area contributed by atoms with Gasteiger partial charge >= 0.3 is 0 Å². The van der Waals surface area contributed by atoms with Gasteiger partial charge < -0.3 is 4.90 Å². The van der Waals surface area contributed by atoms with Crippen molar-refractivity contribution in [3.05, 3.63) is 199 Å². The Morgan fingerprint density at radius 3 is 1.72 bits per heavy atom. The summed E-state index contributed by atoms with van der Waals surface area (Å²) in [4.78, 5) is 2.57. The Hall–Kier alpha value is -6.18. The van der Waals surface area contributed by atoms with Crippen LogP contribution in [0.4, 0.5) is 17.1 Å². The second kappa shape index (κ2) is 13.4. The highest BCUT2D eigenvalue weighted by Crippen LogP contribution is 2.60. The molecule has 256 valence electrons. The third-order valence-electron chi connectivity index (χ3n) is 11.6. The van der Waals surface area contributed by atoms with E-state index in [1.54, 1.807) is 0 Å². The van der Waals surface area contributed by atoms with E-state index < -0.39 is 0 Å². The molecule has 0 radical (unpaired) electrons. The smallest absolute Gasteiger partial charge is 0.0621 e. The summed E-state index contributed by atoms with van der Waals surface area (Å²) in [6, 6.07) is 67.3. The number of aryl methyl sites for hydroxylation is 1. The summed E-state index contributed by atoms with van der Waals surface area (Å²) in [5, 5.41) is 2.52. The van der Waals surface area contributed by atoms with Crippen molar-refractivity contribution in [2.75, 3.05) is 4.90 Å². The largest absolute Gasteiger partial charge is 0.309 e. The van der Waals surface area contributed by atoms with Crippen LogP contribution in [-0.2, 0) is 5.41 Å². The molecule has 8 aromatic carbocycles. The zero-order valence-electron chi connectivity index (χ0n) is 30.7. The van der Waals surface area contributed by atoms with Crippen molar-refractivity contribution < 1.29 is 0 Å². The van der Waals surface area contributed by atoms with Gasteiger partial charge in [0.2, 0.25) is 0 Å². The fraction of sp³-hybridized carbons (Fsp3) is 0.115. The molecule has 1 aliphatic rings. The lowest BCUT2D eigenvalue weighted by Crippen LogP contribution is -2.23. The third kappa shape index (κ3) is 5.47. The highest BCUT2D eigenvalue weighted by molar-refractivity contribution is 6.11. The molecule has 1 heteroatoms. The topological polar surface area (TPSA) is 3.24 Å². The van der Waals surface area contributed by atoms with Crippen molar-refractivity contribution in [1.82, 2.24) is 0 Å². The maximum absolute atomic E-state index is 2.57. The minimum atomic E-state index is -0.119. The van der Waals surface area contributed by atoms with Crippen LogP contribution in [0.2, 0.25) is 0 Å². The van der Waals surface area contributed by atoms with E-state index in [2.05, 4.69) is 208 Å². The maximum Gasteiger partial charge on any atom is 0.0621 e. The molecule has 0 N–H and O–H groups in total. The van der Waals surface area contributed by atoms with Gasteiger partial charge in [-0.05, 0) is 112 Å². The molecule has 0 heterocycles. The predicted octanol–water partition coefficient (Wildman–Crippen LogP) is 14.7. The van der Waals surface area contributed by atoms with Crippen LogP contribution in [0.25, 0.3) is 55.3 Å². The molecule has 0 bridgehead atoms. The Balaban J connectivity index is 1.40. The van der Waals surface area contributed by atoms with E-state index >= 15 is 0 Å². The Morgan fingerprint density at radius 1 is 0.453 bits per heavy atom. The van der Waals surface area contributed by atoms with Crippen molar-refractivity contribution in [1.29, 1.82) is 0 Å². The van der Waals surface area contributed by atoms with E-state index in [1.807, 2.05) is 0 Å². The Morgan fingerprint density at radius 2 is 1.06 bits per heavy atom. The summed E-state index contributed by atoms with van der Waals surface area (Å²) in [5.41, 5.74) is 17.5. The Labute approximate surface area is 313 Å². The molecule has 0 atom stereocenters. The van der Waals surface area contributed by atoms with Gasteiger partial charge in [0.05, 0.1) is 11.4 Å². The lowest BCUT2D eigenvalue weighted by atomic mass is 9.73. The number of benzene rings is 8. The first-order valence-corrected chi connectivity index (χ1v) is 19.0. The van der Waals surface area contributed by atoms with Gasteiger partial charge in [0, 0.05) is 27.6 Å². The highest BCUT2D eigenvalue weighted by Gasteiger charge is 2.43. The summed E-state index contributed by atoms with van der Waals surface area (Å²) in [7, 11) is 0. The summed E-state index contributed by atoms with van der Waals surface area (Å²) >= 11 is 0. The van der Waals surface area contributed by atoms with Gasteiger partial charge in [-0.15, -0.1) is 0 Å². The van der Waals surface area contributed by atoms with E-state index in [-0.39, 0.29) is 5.41 Å². The van der Waals surface area contributed by atoms with Gasteiger partial charge in [-0.2, -0.15) is 0 Å². The average Bonchev–Trinajstić information content (AvgIpc) is 3.50. The van der Waals surface area contributed by atoms with E-state index in [1.165, 1.54) is 77.7 Å². The molecule has 0 amide bonds. The molecule has 1 aliphatic carbocycles. The van der Waals surface area contributed by atoms with Gasteiger partial charge in [0.15, 0.2) is 0 Å². The molecular weight excluding hydrogens is 639 g/mol.